The fourth-order valence-corrected chi connectivity index (χ4v) is 2.59. The maximum absolute atomic E-state index is 12.1. The van der Waals surface area contributed by atoms with E-state index in [0.29, 0.717) is 31.2 Å². The molecule has 2 aromatic rings. The molecule has 0 saturated heterocycles. The van der Waals surface area contributed by atoms with Gasteiger partial charge in [0.1, 0.15) is 17.6 Å². The van der Waals surface area contributed by atoms with Crippen molar-refractivity contribution >= 4 is 11.9 Å². The molecule has 0 fully saturated rings. The lowest BCUT2D eigenvalue weighted by Gasteiger charge is -2.15. The van der Waals surface area contributed by atoms with Gasteiger partial charge in [-0.2, -0.15) is 0 Å². The fraction of sp³-hybridized carbons (Fsp3) is 0.364. The van der Waals surface area contributed by atoms with Crippen LogP contribution in [0.3, 0.4) is 0 Å². The molecule has 1 atom stereocenters. The highest BCUT2D eigenvalue weighted by atomic mass is 16.5. The SMILES string of the molecule is CCNC(=NCC(C)Oc1cccc(C)c1)NCCNC(=O)c1ccc(O)cc1. The number of nitrogens with one attached hydrogen (secondary N) is 3. The van der Waals surface area contributed by atoms with E-state index in [1.807, 2.05) is 45.0 Å². The molecular weight excluding hydrogens is 368 g/mol. The van der Waals surface area contributed by atoms with Crippen molar-refractivity contribution in [2.75, 3.05) is 26.2 Å². The predicted octanol–water partition coefficient (Wildman–Crippen LogP) is 2.45. The molecule has 1 amide bonds. The molecule has 0 heterocycles. The Morgan fingerprint density at radius 3 is 2.52 bits per heavy atom. The van der Waals surface area contributed by atoms with Crippen LogP contribution in [0.5, 0.6) is 11.5 Å². The number of phenolic OH excluding ortho intramolecular Hbond substituents is 1. The number of amides is 1. The summed E-state index contributed by atoms with van der Waals surface area (Å²) in [5.74, 6) is 1.46. The second-order valence-corrected chi connectivity index (χ2v) is 6.69. The molecule has 7 heteroatoms. The molecule has 0 bridgehead atoms. The van der Waals surface area contributed by atoms with Crippen molar-refractivity contribution in [1.82, 2.24) is 16.0 Å². The Hall–Kier alpha value is -3.22. The highest BCUT2D eigenvalue weighted by Crippen LogP contribution is 2.14. The molecule has 0 aliphatic rings. The van der Waals surface area contributed by atoms with E-state index < -0.39 is 0 Å². The van der Waals surface area contributed by atoms with E-state index in [1.165, 1.54) is 12.1 Å². The van der Waals surface area contributed by atoms with Gasteiger partial charge in [-0.25, -0.2) is 4.99 Å². The van der Waals surface area contributed by atoms with Gasteiger partial charge in [0.2, 0.25) is 0 Å². The summed E-state index contributed by atoms with van der Waals surface area (Å²) in [4.78, 5) is 16.6. The highest BCUT2D eigenvalue weighted by molar-refractivity contribution is 5.94. The molecule has 0 aliphatic heterocycles. The monoisotopic (exact) mass is 398 g/mol. The van der Waals surface area contributed by atoms with Gasteiger partial charge >= 0.3 is 0 Å². The first kappa shape index (κ1) is 22.1. The van der Waals surface area contributed by atoms with Crippen LogP contribution in [-0.2, 0) is 0 Å². The lowest BCUT2D eigenvalue weighted by atomic mass is 10.2. The zero-order valence-electron chi connectivity index (χ0n) is 17.2. The van der Waals surface area contributed by atoms with E-state index >= 15 is 0 Å². The van der Waals surface area contributed by atoms with Crippen molar-refractivity contribution in [3.8, 4) is 11.5 Å². The summed E-state index contributed by atoms with van der Waals surface area (Å²) >= 11 is 0. The predicted molar refractivity (Wildman–Crippen MR) is 116 cm³/mol. The smallest absolute Gasteiger partial charge is 0.251 e. The lowest BCUT2D eigenvalue weighted by Crippen LogP contribution is -2.42. The van der Waals surface area contributed by atoms with Gasteiger partial charge in [0.25, 0.3) is 5.91 Å². The van der Waals surface area contributed by atoms with Gasteiger partial charge in [-0.05, 0) is 62.7 Å². The summed E-state index contributed by atoms with van der Waals surface area (Å²) in [7, 11) is 0. The molecule has 0 aliphatic carbocycles. The van der Waals surface area contributed by atoms with Gasteiger partial charge in [0.05, 0.1) is 6.54 Å². The highest BCUT2D eigenvalue weighted by Gasteiger charge is 2.06. The first-order valence-electron chi connectivity index (χ1n) is 9.80. The molecule has 0 spiro atoms. The van der Waals surface area contributed by atoms with Crippen LogP contribution in [0, 0.1) is 6.92 Å². The number of nitrogens with zero attached hydrogens (tertiary/aromatic N) is 1. The quantitative estimate of drug-likeness (QED) is 0.296. The third-order valence-corrected chi connectivity index (χ3v) is 4.01. The van der Waals surface area contributed by atoms with Crippen molar-refractivity contribution in [3.63, 3.8) is 0 Å². The number of aromatic hydroxyl groups is 1. The number of aryl methyl sites for hydroxylation is 1. The van der Waals surface area contributed by atoms with Crippen LogP contribution in [0.25, 0.3) is 0 Å². The second-order valence-electron chi connectivity index (χ2n) is 6.69. The van der Waals surface area contributed by atoms with Crippen LogP contribution in [0.15, 0.2) is 53.5 Å². The zero-order valence-corrected chi connectivity index (χ0v) is 17.2. The van der Waals surface area contributed by atoms with Crippen molar-refractivity contribution in [2.24, 2.45) is 4.99 Å². The van der Waals surface area contributed by atoms with E-state index in [2.05, 4.69) is 20.9 Å². The summed E-state index contributed by atoms with van der Waals surface area (Å²) in [6.07, 6.45) is -0.0681. The third-order valence-electron chi connectivity index (χ3n) is 4.01. The van der Waals surface area contributed by atoms with Crippen molar-refractivity contribution in [3.05, 3.63) is 59.7 Å². The number of rotatable bonds is 9. The van der Waals surface area contributed by atoms with E-state index in [1.54, 1.807) is 12.1 Å². The normalized spacial score (nSPS) is 12.2. The molecule has 2 rings (SSSR count). The van der Waals surface area contributed by atoms with Gasteiger partial charge in [-0.15, -0.1) is 0 Å². The lowest BCUT2D eigenvalue weighted by molar-refractivity contribution is 0.0954. The van der Waals surface area contributed by atoms with Crippen LogP contribution in [0.4, 0.5) is 0 Å². The van der Waals surface area contributed by atoms with Gasteiger partial charge in [-0.1, -0.05) is 12.1 Å². The third kappa shape index (κ3) is 8.13. The van der Waals surface area contributed by atoms with Crippen molar-refractivity contribution in [2.45, 2.75) is 26.9 Å². The maximum atomic E-state index is 12.1. The molecule has 2 aromatic carbocycles. The number of phenols is 1. The number of hydrogen-bond donors (Lipinski definition) is 4. The number of benzene rings is 2. The maximum Gasteiger partial charge on any atom is 0.251 e. The standard InChI is InChI=1S/C22H30N4O3/c1-4-23-22(26-15-17(3)29-20-7-5-6-16(2)14-20)25-13-12-24-21(28)18-8-10-19(27)11-9-18/h5-11,14,17,27H,4,12-13,15H2,1-3H3,(H,24,28)(H2,23,25,26). The summed E-state index contributed by atoms with van der Waals surface area (Å²) in [5, 5.41) is 18.5. The van der Waals surface area contributed by atoms with Crippen molar-refractivity contribution in [1.29, 1.82) is 0 Å². The number of carbonyl (C=O) groups is 1. The van der Waals surface area contributed by atoms with Gasteiger partial charge in [0, 0.05) is 25.2 Å². The first-order valence-corrected chi connectivity index (χ1v) is 9.80. The molecule has 4 N–H and O–H groups in total. The number of ether oxygens (including phenoxy) is 1. The molecule has 0 saturated carbocycles. The number of carbonyl (C=O) groups excluding carboxylic acids is 1. The average molecular weight is 399 g/mol. The number of hydrogen-bond acceptors (Lipinski definition) is 4. The van der Waals surface area contributed by atoms with Gasteiger partial charge < -0.3 is 25.8 Å². The van der Waals surface area contributed by atoms with Crippen LogP contribution >= 0.6 is 0 Å². The molecule has 7 nitrogen and oxygen atoms in total. The minimum atomic E-state index is -0.186. The number of guanidine groups is 1. The first-order chi connectivity index (χ1) is 14.0. The Balaban J connectivity index is 1.76. The molecular formula is C22H30N4O3. The minimum Gasteiger partial charge on any atom is -0.508 e. The Labute approximate surface area is 172 Å². The molecule has 1 unspecified atom stereocenters. The summed E-state index contributed by atoms with van der Waals surface area (Å²) in [6.45, 7) is 8.22. The van der Waals surface area contributed by atoms with Gasteiger partial charge in [0.15, 0.2) is 5.96 Å². The average Bonchev–Trinajstić information content (AvgIpc) is 2.69. The summed E-state index contributed by atoms with van der Waals surface area (Å²) < 4.78 is 5.90. The Morgan fingerprint density at radius 1 is 1.10 bits per heavy atom. The van der Waals surface area contributed by atoms with Gasteiger partial charge in [-0.3, -0.25) is 4.79 Å². The fourth-order valence-electron chi connectivity index (χ4n) is 2.59. The van der Waals surface area contributed by atoms with E-state index in [4.69, 9.17) is 4.74 Å². The van der Waals surface area contributed by atoms with E-state index in [0.717, 1.165) is 17.9 Å². The molecule has 0 radical (unpaired) electrons. The van der Waals surface area contributed by atoms with Crippen LogP contribution in [0.2, 0.25) is 0 Å². The molecule has 29 heavy (non-hydrogen) atoms. The Kier molecular flexibility index (Phi) is 8.82. The Bertz CT molecular complexity index is 806. The van der Waals surface area contributed by atoms with Crippen molar-refractivity contribution < 1.29 is 14.6 Å². The minimum absolute atomic E-state index is 0.0681. The van der Waals surface area contributed by atoms with Crippen LogP contribution < -0.4 is 20.7 Å². The molecule has 0 aromatic heterocycles. The van der Waals surface area contributed by atoms with Crippen LogP contribution in [0.1, 0.15) is 29.8 Å². The summed E-state index contributed by atoms with van der Waals surface area (Å²) in [6, 6.07) is 14.1. The zero-order chi connectivity index (χ0) is 21.1. The molecule has 156 valence electrons. The second kappa shape index (κ2) is 11.6. The summed E-state index contributed by atoms with van der Waals surface area (Å²) in [5.41, 5.74) is 1.66. The number of aliphatic imine (C=N–C) groups is 1. The Morgan fingerprint density at radius 2 is 1.83 bits per heavy atom. The van der Waals surface area contributed by atoms with Crippen LogP contribution in [-0.4, -0.2) is 49.3 Å². The largest absolute Gasteiger partial charge is 0.508 e. The van der Waals surface area contributed by atoms with E-state index in [-0.39, 0.29) is 17.8 Å². The van der Waals surface area contributed by atoms with E-state index in [9.17, 15) is 9.90 Å². The topological polar surface area (TPSA) is 95.0 Å².